The van der Waals surface area contributed by atoms with Gasteiger partial charge < -0.3 is 15.0 Å². The molecule has 2 aromatic carbocycles. The zero-order valence-corrected chi connectivity index (χ0v) is 12.3. The molecule has 0 aliphatic carbocycles. The summed E-state index contributed by atoms with van der Waals surface area (Å²) >= 11 is 0. The fourth-order valence-electron chi connectivity index (χ4n) is 2.47. The van der Waals surface area contributed by atoms with E-state index >= 15 is 0 Å². The van der Waals surface area contributed by atoms with Gasteiger partial charge in [0.25, 0.3) is 0 Å². The highest BCUT2D eigenvalue weighted by atomic mass is 16.5. The van der Waals surface area contributed by atoms with E-state index in [2.05, 4.69) is 28.3 Å². The summed E-state index contributed by atoms with van der Waals surface area (Å²) in [6.45, 7) is 2.97. The molecule has 3 aromatic rings. The van der Waals surface area contributed by atoms with Crippen molar-refractivity contribution < 1.29 is 4.74 Å². The van der Waals surface area contributed by atoms with Gasteiger partial charge in [-0.15, -0.1) is 0 Å². The molecule has 0 bridgehead atoms. The third kappa shape index (κ3) is 2.84. The molecule has 4 heteroatoms. The molecular weight excluding hydrogens is 262 g/mol. The van der Waals surface area contributed by atoms with E-state index in [0.29, 0.717) is 5.92 Å². The highest BCUT2D eigenvalue weighted by molar-refractivity contribution is 5.77. The van der Waals surface area contributed by atoms with Crippen LogP contribution in [0.4, 0.5) is 5.95 Å². The molecule has 1 heterocycles. The van der Waals surface area contributed by atoms with Gasteiger partial charge in [-0.1, -0.05) is 37.3 Å². The number of benzene rings is 2. The van der Waals surface area contributed by atoms with E-state index in [4.69, 9.17) is 4.74 Å². The Morgan fingerprint density at radius 3 is 2.71 bits per heavy atom. The van der Waals surface area contributed by atoms with Gasteiger partial charge in [0.2, 0.25) is 5.95 Å². The number of methoxy groups -OCH3 is 1. The van der Waals surface area contributed by atoms with Gasteiger partial charge in [0.1, 0.15) is 5.75 Å². The summed E-state index contributed by atoms with van der Waals surface area (Å²) < 4.78 is 5.42. The number of hydrogen-bond donors (Lipinski definition) is 2. The number of hydrogen-bond acceptors (Lipinski definition) is 3. The largest absolute Gasteiger partial charge is 0.496 e. The molecule has 3 rings (SSSR count). The topological polar surface area (TPSA) is 49.9 Å². The van der Waals surface area contributed by atoms with Crippen LogP contribution < -0.4 is 10.1 Å². The van der Waals surface area contributed by atoms with Crippen molar-refractivity contribution in [3.8, 4) is 5.75 Å². The van der Waals surface area contributed by atoms with Gasteiger partial charge in [0, 0.05) is 12.5 Å². The van der Waals surface area contributed by atoms with Crippen LogP contribution in [0.5, 0.6) is 5.75 Å². The summed E-state index contributed by atoms with van der Waals surface area (Å²) in [7, 11) is 1.71. The van der Waals surface area contributed by atoms with Crippen LogP contribution in [0.25, 0.3) is 11.0 Å². The Kier molecular flexibility index (Phi) is 3.77. The number of fused-ring (bicyclic) bond motifs is 1. The number of nitrogens with one attached hydrogen (secondary N) is 2. The van der Waals surface area contributed by atoms with Crippen LogP contribution in [0.2, 0.25) is 0 Å². The lowest BCUT2D eigenvalue weighted by molar-refractivity contribution is 0.407. The van der Waals surface area contributed by atoms with Gasteiger partial charge in [0.05, 0.1) is 18.1 Å². The number of rotatable bonds is 5. The van der Waals surface area contributed by atoms with E-state index in [9.17, 15) is 0 Å². The van der Waals surface area contributed by atoms with Crippen molar-refractivity contribution in [2.45, 2.75) is 12.8 Å². The SMILES string of the molecule is COc1ccccc1C(C)CNc1nc2ccccc2[nH]1. The zero-order valence-electron chi connectivity index (χ0n) is 12.3. The molecule has 0 amide bonds. The van der Waals surface area contributed by atoms with E-state index in [0.717, 1.165) is 29.3 Å². The quantitative estimate of drug-likeness (QED) is 0.748. The molecule has 0 spiro atoms. The second kappa shape index (κ2) is 5.87. The van der Waals surface area contributed by atoms with Crippen molar-refractivity contribution in [2.24, 2.45) is 0 Å². The standard InChI is InChI=1S/C17H19N3O/c1-12(13-7-3-6-10-16(13)21-2)11-18-17-19-14-8-4-5-9-15(14)20-17/h3-10,12H,11H2,1-2H3,(H2,18,19,20). The minimum Gasteiger partial charge on any atom is -0.496 e. The van der Waals surface area contributed by atoms with E-state index in [1.165, 1.54) is 5.56 Å². The van der Waals surface area contributed by atoms with Crippen LogP contribution in [0.3, 0.4) is 0 Å². The number of aromatic nitrogens is 2. The first-order valence-electron chi connectivity index (χ1n) is 7.09. The summed E-state index contributed by atoms with van der Waals surface area (Å²) in [5, 5.41) is 3.36. The zero-order chi connectivity index (χ0) is 14.7. The predicted molar refractivity (Wildman–Crippen MR) is 86.0 cm³/mol. The van der Waals surface area contributed by atoms with Crippen molar-refractivity contribution in [1.29, 1.82) is 0 Å². The fraction of sp³-hybridized carbons (Fsp3) is 0.235. The predicted octanol–water partition coefficient (Wildman–Crippen LogP) is 3.79. The van der Waals surface area contributed by atoms with Gasteiger partial charge >= 0.3 is 0 Å². The first-order chi connectivity index (χ1) is 10.3. The van der Waals surface area contributed by atoms with Crippen molar-refractivity contribution in [2.75, 3.05) is 19.0 Å². The molecular formula is C17H19N3O. The first-order valence-corrected chi connectivity index (χ1v) is 7.09. The lowest BCUT2D eigenvalue weighted by Gasteiger charge is -2.15. The molecule has 21 heavy (non-hydrogen) atoms. The third-order valence-corrected chi connectivity index (χ3v) is 3.63. The molecule has 0 aliphatic rings. The minimum atomic E-state index is 0.328. The van der Waals surface area contributed by atoms with Crippen LogP contribution >= 0.6 is 0 Å². The molecule has 2 N–H and O–H groups in total. The van der Waals surface area contributed by atoms with Crippen LogP contribution in [0.15, 0.2) is 48.5 Å². The van der Waals surface area contributed by atoms with Crippen molar-refractivity contribution in [3.63, 3.8) is 0 Å². The van der Waals surface area contributed by atoms with Crippen LogP contribution in [-0.4, -0.2) is 23.6 Å². The minimum absolute atomic E-state index is 0.328. The van der Waals surface area contributed by atoms with E-state index in [1.54, 1.807) is 7.11 Å². The highest BCUT2D eigenvalue weighted by Gasteiger charge is 2.11. The second-order valence-electron chi connectivity index (χ2n) is 5.13. The summed E-state index contributed by atoms with van der Waals surface area (Å²) in [5.41, 5.74) is 3.22. The Bertz CT molecular complexity index is 702. The van der Waals surface area contributed by atoms with E-state index in [1.807, 2.05) is 42.5 Å². The van der Waals surface area contributed by atoms with E-state index < -0.39 is 0 Å². The number of ether oxygens (including phenoxy) is 1. The molecule has 4 nitrogen and oxygen atoms in total. The Hall–Kier alpha value is -2.49. The average Bonchev–Trinajstić information content (AvgIpc) is 2.95. The summed E-state index contributed by atoms with van der Waals surface area (Å²) in [6.07, 6.45) is 0. The van der Waals surface area contributed by atoms with Gasteiger partial charge in [-0.05, 0) is 23.8 Å². The van der Waals surface area contributed by atoms with Crippen molar-refractivity contribution >= 4 is 17.0 Å². The molecule has 0 radical (unpaired) electrons. The molecule has 0 saturated heterocycles. The summed E-state index contributed by atoms with van der Waals surface area (Å²) in [5.74, 6) is 2.06. The van der Waals surface area contributed by atoms with Gasteiger partial charge in [-0.2, -0.15) is 0 Å². The number of anilines is 1. The monoisotopic (exact) mass is 281 g/mol. The second-order valence-corrected chi connectivity index (χ2v) is 5.13. The smallest absolute Gasteiger partial charge is 0.201 e. The fourth-order valence-corrected chi connectivity index (χ4v) is 2.47. The average molecular weight is 281 g/mol. The summed E-state index contributed by atoms with van der Waals surface area (Å²) in [6, 6.07) is 16.1. The lowest BCUT2D eigenvalue weighted by atomic mass is 10.0. The number of para-hydroxylation sites is 3. The van der Waals surface area contributed by atoms with Crippen LogP contribution in [0, 0.1) is 0 Å². The molecule has 1 atom stereocenters. The van der Waals surface area contributed by atoms with Gasteiger partial charge in [0.15, 0.2) is 0 Å². The Morgan fingerprint density at radius 2 is 1.90 bits per heavy atom. The summed E-state index contributed by atoms with van der Waals surface area (Å²) in [4.78, 5) is 7.80. The number of nitrogens with zero attached hydrogens (tertiary/aromatic N) is 1. The third-order valence-electron chi connectivity index (χ3n) is 3.63. The Morgan fingerprint density at radius 1 is 1.14 bits per heavy atom. The van der Waals surface area contributed by atoms with Crippen molar-refractivity contribution in [3.05, 3.63) is 54.1 Å². The molecule has 0 fully saturated rings. The maximum atomic E-state index is 5.42. The number of H-pyrrole nitrogens is 1. The number of imidazole rings is 1. The molecule has 1 unspecified atom stereocenters. The molecule has 1 aromatic heterocycles. The maximum absolute atomic E-state index is 5.42. The van der Waals surface area contributed by atoms with Gasteiger partial charge in [-0.3, -0.25) is 0 Å². The van der Waals surface area contributed by atoms with Gasteiger partial charge in [-0.25, -0.2) is 4.98 Å². The van der Waals surface area contributed by atoms with Crippen LogP contribution in [0.1, 0.15) is 18.4 Å². The normalized spacial score (nSPS) is 12.3. The highest BCUT2D eigenvalue weighted by Crippen LogP contribution is 2.26. The van der Waals surface area contributed by atoms with E-state index in [-0.39, 0.29) is 0 Å². The number of aromatic amines is 1. The Labute approximate surface area is 124 Å². The molecule has 0 aliphatic heterocycles. The van der Waals surface area contributed by atoms with Crippen molar-refractivity contribution in [1.82, 2.24) is 9.97 Å². The van der Waals surface area contributed by atoms with Crippen LogP contribution in [-0.2, 0) is 0 Å². The molecule has 108 valence electrons. The first kappa shape index (κ1) is 13.5. The lowest BCUT2D eigenvalue weighted by Crippen LogP contribution is -2.11. The molecule has 0 saturated carbocycles. The Balaban J connectivity index is 1.72. The maximum Gasteiger partial charge on any atom is 0.201 e.